The zero-order valence-corrected chi connectivity index (χ0v) is 14.3. The lowest BCUT2D eigenvalue weighted by molar-refractivity contribution is -0.131. The molecule has 25 heavy (non-hydrogen) atoms. The molecule has 0 bridgehead atoms. The highest BCUT2D eigenvalue weighted by molar-refractivity contribution is 5.81. The molecular formula is C20H24N2O3. The van der Waals surface area contributed by atoms with E-state index < -0.39 is 0 Å². The highest BCUT2D eigenvalue weighted by atomic mass is 16.5. The van der Waals surface area contributed by atoms with Crippen LogP contribution in [0.25, 0.3) is 10.9 Å². The van der Waals surface area contributed by atoms with Gasteiger partial charge in [-0.3, -0.25) is 9.78 Å². The molecule has 5 nitrogen and oxygen atoms in total. The first-order valence-corrected chi connectivity index (χ1v) is 9.21. The minimum atomic E-state index is -0.236. The van der Waals surface area contributed by atoms with Crippen molar-refractivity contribution in [3.8, 4) is 5.75 Å². The molecule has 1 unspecified atom stereocenters. The molecule has 1 aromatic carbocycles. The van der Waals surface area contributed by atoms with Gasteiger partial charge in [-0.15, -0.1) is 0 Å². The Morgan fingerprint density at radius 2 is 2.04 bits per heavy atom. The van der Waals surface area contributed by atoms with Gasteiger partial charge in [0, 0.05) is 24.2 Å². The quantitative estimate of drug-likeness (QED) is 0.928. The predicted octanol–water partition coefficient (Wildman–Crippen LogP) is 3.22. The first-order chi connectivity index (χ1) is 12.3. The fourth-order valence-corrected chi connectivity index (χ4v) is 3.72. The third kappa shape index (κ3) is 3.93. The molecule has 0 spiro atoms. The maximum atomic E-state index is 12.1. The zero-order chi connectivity index (χ0) is 17.1. The van der Waals surface area contributed by atoms with Gasteiger partial charge in [0.1, 0.15) is 11.9 Å². The molecule has 2 heterocycles. The van der Waals surface area contributed by atoms with Crippen LogP contribution in [0.1, 0.15) is 38.5 Å². The molecule has 4 rings (SSSR count). The van der Waals surface area contributed by atoms with Gasteiger partial charge in [0.25, 0.3) is 0 Å². The van der Waals surface area contributed by atoms with Gasteiger partial charge in [0.15, 0.2) is 0 Å². The topological polar surface area (TPSA) is 60.5 Å². The standard InChI is InChI=1S/C20H24N2O3/c23-20(19-4-2-12-24-19)22-15-5-7-16(8-6-15)25-17-9-10-18-14(13-17)3-1-11-21-18/h1,3,9-11,13,15-16,19H,2,4-8,12H2,(H,22,23). The summed E-state index contributed by atoms with van der Waals surface area (Å²) in [5.41, 5.74) is 0.982. The monoisotopic (exact) mass is 340 g/mol. The molecule has 132 valence electrons. The summed E-state index contributed by atoms with van der Waals surface area (Å²) in [6.07, 6.45) is 7.45. The highest BCUT2D eigenvalue weighted by Gasteiger charge is 2.28. The van der Waals surface area contributed by atoms with Crippen LogP contribution >= 0.6 is 0 Å². The first kappa shape index (κ1) is 16.3. The van der Waals surface area contributed by atoms with E-state index in [9.17, 15) is 4.79 Å². The third-order valence-electron chi connectivity index (χ3n) is 5.12. The fraction of sp³-hybridized carbons (Fsp3) is 0.500. The minimum Gasteiger partial charge on any atom is -0.490 e. The molecule has 1 saturated carbocycles. The van der Waals surface area contributed by atoms with Crippen LogP contribution in [0.15, 0.2) is 36.5 Å². The average molecular weight is 340 g/mol. The van der Waals surface area contributed by atoms with Crippen molar-refractivity contribution in [1.82, 2.24) is 10.3 Å². The second-order valence-corrected chi connectivity index (χ2v) is 6.96. The predicted molar refractivity (Wildman–Crippen MR) is 95.5 cm³/mol. The van der Waals surface area contributed by atoms with Crippen molar-refractivity contribution in [3.63, 3.8) is 0 Å². The van der Waals surface area contributed by atoms with Crippen LogP contribution in [0, 0.1) is 0 Å². The van der Waals surface area contributed by atoms with Crippen molar-refractivity contribution in [2.75, 3.05) is 6.61 Å². The number of amides is 1. The van der Waals surface area contributed by atoms with Crippen LogP contribution in [0.3, 0.4) is 0 Å². The summed E-state index contributed by atoms with van der Waals surface area (Å²) >= 11 is 0. The maximum absolute atomic E-state index is 12.1. The molecular weight excluding hydrogens is 316 g/mol. The number of aromatic nitrogens is 1. The van der Waals surface area contributed by atoms with E-state index in [4.69, 9.17) is 9.47 Å². The van der Waals surface area contributed by atoms with E-state index in [1.54, 1.807) is 6.20 Å². The molecule has 1 aromatic heterocycles. The van der Waals surface area contributed by atoms with Gasteiger partial charge in [-0.1, -0.05) is 6.07 Å². The number of ether oxygens (including phenoxy) is 2. The van der Waals surface area contributed by atoms with Gasteiger partial charge < -0.3 is 14.8 Å². The van der Waals surface area contributed by atoms with Gasteiger partial charge in [0.05, 0.1) is 11.6 Å². The number of fused-ring (bicyclic) bond motifs is 1. The van der Waals surface area contributed by atoms with E-state index in [2.05, 4.69) is 10.3 Å². The molecule has 1 atom stereocenters. The fourth-order valence-electron chi connectivity index (χ4n) is 3.72. The number of nitrogens with one attached hydrogen (secondary N) is 1. The molecule has 1 aliphatic heterocycles. The number of carbonyl (C=O) groups excluding carboxylic acids is 1. The van der Waals surface area contributed by atoms with Crippen molar-refractivity contribution < 1.29 is 14.3 Å². The molecule has 1 amide bonds. The summed E-state index contributed by atoms with van der Waals surface area (Å²) in [7, 11) is 0. The van der Waals surface area contributed by atoms with E-state index >= 15 is 0 Å². The Morgan fingerprint density at radius 3 is 2.84 bits per heavy atom. The molecule has 1 N–H and O–H groups in total. The van der Waals surface area contributed by atoms with Gasteiger partial charge in [-0.2, -0.15) is 0 Å². The molecule has 1 aliphatic carbocycles. The Kier molecular flexibility index (Phi) is 4.83. The molecule has 2 aliphatic rings. The zero-order valence-electron chi connectivity index (χ0n) is 14.3. The Labute approximate surface area is 147 Å². The summed E-state index contributed by atoms with van der Waals surface area (Å²) < 4.78 is 11.6. The van der Waals surface area contributed by atoms with Crippen molar-refractivity contribution in [2.45, 2.75) is 56.8 Å². The van der Waals surface area contributed by atoms with Crippen molar-refractivity contribution in [2.24, 2.45) is 0 Å². The summed E-state index contributed by atoms with van der Waals surface area (Å²) in [5.74, 6) is 0.955. The number of carbonyl (C=O) groups is 1. The summed E-state index contributed by atoms with van der Waals surface area (Å²) in [6.45, 7) is 0.708. The normalized spacial score (nSPS) is 26.5. The largest absolute Gasteiger partial charge is 0.490 e. The highest BCUT2D eigenvalue weighted by Crippen LogP contribution is 2.26. The van der Waals surface area contributed by atoms with Crippen LogP contribution in [-0.2, 0) is 9.53 Å². The Bertz CT molecular complexity index is 735. The first-order valence-electron chi connectivity index (χ1n) is 9.21. The summed E-state index contributed by atoms with van der Waals surface area (Å²) in [4.78, 5) is 16.5. The van der Waals surface area contributed by atoms with Crippen LogP contribution in [-0.4, -0.2) is 35.7 Å². The van der Waals surface area contributed by atoms with Crippen LogP contribution in [0.2, 0.25) is 0 Å². The van der Waals surface area contributed by atoms with Gasteiger partial charge in [-0.25, -0.2) is 0 Å². The van der Waals surface area contributed by atoms with Crippen LogP contribution in [0.4, 0.5) is 0 Å². The lowest BCUT2D eigenvalue weighted by Gasteiger charge is -2.30. The van der Waals surface area contributed by atoms with Crippen molar-refractivity contribution in [1.29, 1.82) is 0 Å². The smallest absolute Gasteiger partial charge is 0.249 e. The molecule has 0 radical (unpaired) electrons. The van der Waals surface area contributed by atoms with Crippen molar-refractivity contribution in [3.05, 3.63) is 36.5 Å². The van der Waals surface area contributed by atoms with Crippen molar-refractivity contribution >= 4 is 16.8 Å². The number of hydrogen-bond donors (Lipinski definition) is 1. The number of nitrogens with zero attached hydrogens (tertiary/aromatic N) is 1. The second kappa shape index (κ2) is 7.40. The Morgan fingerprint density at radius 1 is 1.16 bits per heavy atom. The maximum Gasteiger partial charge on any atom is 0.249 e. The van der Waals surface area contributed by atoms with E-state index in [-0.39, 0.29) is 24.2 Å². The van der Waals surface area contributed by atoms with E-state index in [1.165, 1.54) is 0 Å². The van der Waals surface area contributed by atoms with Gasteiger partial charge in [0.2, 0.25) is 5.91 Å². The average Bonchev–Trinajstić information content (AvgIpc) is 3.18. The third-order valence-corrected chi connectivity index (χ3v) is 5.12. The summed E-state index contributed by atoms with van der Waals surface area (Å²) in [6, 6.07) is 10.3. The number of pyridine rings is 1. The van der Waals surface area contributed by atoms with E-state index in [0.29, 0.717) is 6.61 Å². The number of hydrogen-bond acceptors (Lipinski definition) is 4. The molecule has 5 heteroatoms. The summed E-state index contributed by atoms with van der Waals surface area (Å²) in [5, 5.41) is 4.24. The Hall–Kier alpha value is -2.14. The van der Waals surface area contributed by atoms with Gasteiger partial charge in [-0.05, 0) is 62.8 Å². The molecule has 2 fully saturated rings. The SMILES string of the molecule is O=C(NC1CCC(Oc2ccc3ncccc3c2)CC1)C1CCCO1. The second-order valence-electron chi connectivity index (χ2n) is 6.96. The van der Waals surface area contributed by atoms with E-state index in [0.717, 1.165) is 55.2 Å². The minimum absolute atomic E-state index is 0.0592. The lowest BCUT2D eigenvalue weighted by atomic mass is 9.92. The van der Waals surface area contributed by atoms with Crippen LogP contribution < -0.4 is 10.1 Å². The van der Waals surface area contributed by atoms with Crippen LogP contribution in [0.5, 0.6) is 5.75 Å². The Balaban J connectivity index is 1.28. The molecule has 1 saturated heterocycles. The molecule has 2 aromatic rings. The van der Waals surface area contributed by atoms with E-state index in [1.807, 2.05) is 30.3 Å². The lowest BCUT2D eigenvalue weighted by Crippen LogP contribution is -2.44. The number of benzene rings is 1. The van der Waals surface area contributed by atoms with Gasteiger partial charge >= 0.3 is 0 Å². The number of rotatable bonds is 4.